The lowest BCUT2D eigenvalue weighted by atomic mass is 9.83. The molecule has 0 radical (unpaired) electrons. The first kappa shape index (κ1) is 19.4. The highest BCUT2D eigenvalue weighted by atomic mass is 16.2. The van der Waals surface area contributed by atoms with Crippen LogP contribution >= 0.6 is 0 Å². The molecule has 1 aliphatic carbocycles. The average Bonchev–Trinajstić information content (AvgIpc) is 3.18. The van der Waals surface area contributed by atoms with E-state index in [1.165, 1.54) is 24.8 Å². The second kappa shape index (κ2) is 8.53. The van der Waals surface area contributed by atoms with Crippen molar-refractivity contribution in [2.45, 2.75) is 52.0 Å². The maximum absolute atomic E-state index is 13.0. The largest absolute Gasteiger partial charge is 0.352 e. The van der Waals surface area contributed by atoms with E-state index in [9.17, 15) is 9.59 Å². The van der Waals surface area contributed by atoms with Crippen LogP contribution in [0, 0.1) is 5.41 Å². The Morgan fingerprint density at radius 2 is 1.85 bits per heavy atom. The van der Waals surface area contributed by atoms with Gasteiger partial charge in [0.05, 0.1) is 12.0 Å². The van der Waals surface area contributed by atoms with Crippen molar-refractivity contribution in [2.75, 3.05) is 45.8 Å². The first-order valence-electron chi connectivity index (χ1n) is 10.2. The molecule has 146 valence electrons. The molecule has 0 aromatic carbocycles. The molecule has 2 N–H and O–H groups in total. The van der Waals surface area contributed by atoms with Crippen molar-refractivity contribution in [1.29, 1.82) is 0 Å². The molecular formula is C20H34N4O2. The minimum Gasteiger partial charge on any atom is -0.352 e. The fraction of sp³-hybridized carbons (Fsp3) is 0.800. The number of rotatable bonds is 5. The van der Waals surface area contributed by atoms with Crippen LogP contribution in [0.25, 0.3) is 0 Å². The second-order valence-corrected chi connectivity index (χ2v) is 8.46. The van der Waals surface area contributed by atoms with Crippen LogP contribution in [0.1, 0.15) is 46.0 Å². The number of hydrogen-bond acceptors (Lipinski definition) is 4. The van der Waals surface area contributed by atoms with E-state index >= 15 is 0 Å². The summed E-state index contributed by atoms with van der Waals surface area (Å²) in [4.78, 5) is 29.4. The van der Waals surface area contributed by atoms with Crippen LogP contribution in [0.3, 0.4) is 0 Å². The van der Waals surface area contributed by atoms with E-state index in [1.54, 1.807) is 0 Å². The van der Waals surface area contributed by atoms with Gasteiger partial charge in [-0.3, -0.25) is 14.5 Å². The van der Waals surface area contributed by atoms with Gasteiger partial charge in [-0.05, 0) is 32.3 Å². The number of nitrogens with one attached hydrogen (secondary N) is 2. The fourth-order valence-corrected chi connectivity index (χ4v) is 4.32. The van der Waals surface area contributed by atoms with Gasteiger partial charge >= 0.3 is 0 Å². The van der Waals surface area contributed by atoms with E-state index in [0.29, 0.717) is 25.7 Å². The van der Waals surface area contributed by atoms with Gasteiger partial charge in [-0.25, -0.2) is 0 Å². The lowest BCUT2D eigenvalue weighted by molar-refractivity contribution is -0.140. The second-order valence-electron chi connectivity index (χ2n) is 8.46. The van der Waals surface area contributed by atoms with Gasteiger partial charge in [0.25, 0.3) is 0 Å². The number of carbonyl (C=O) groups is 2. The van der Waals surface area contributed by atoms with Crippen LogP contribution < -0.4 is 10.6 Å². The van der Waals surface area contributed by atoms with Crippen molar-refractivity contribution in [2.24, 2.45) is 5.41 Å². The third-order valence-electron chi connectivity index (χ3n) is 6.14. The van der Waals surface area contributed by atoms with Gasteiger partial charge < -0.3 is 15.5 Å². The third kappa shape index (κ3) is 4.65. The Kier molecular flexibility index (Phi) is 6.35. The molecule has 0 aromatic rings. The molecule has 0 spiro atoms. The van der Waals surface area contributed by atoms with Crippen molar-refractivity contribution in [1.82, 2.24) is 20.4 Å². The molecule has 3 aliphatic rings. The summed E-state index contributed by atoms with van der Waals surface area (Å²) in [5.41, 5.74) is 0.751. The van der Waals surface area contributed by atoms with E-state index in [1.807, 2.05) is 18.7 Å². The zero-order valence-corrected chi connectivity index (χ0v) is 16.4. The van der Waals surface area contributed by atoms with Gasteiger partial charge in [0.15, 0.2) is 0 Å². The van der Waals surface area contributed by atoms with Crippen molar-refractivity contribution >= 4 is 11.8 Å². The molecule has 0 atom stereocenters. The summed E-state index contributed by atoms with van der Waals surface area (Å²) in [6, 6.07) is 0.369. The molecule has 6 heteroatoms. The van der Waals surface area contributed by atoms with Gasteiger partial charge in [-0.2, -0.15) is 0 Å². The predicted octanol–water partition coefficient (Wildman–Crippen LogP) is 1.14. The van der Waals surface area contributed by atoms with Crippen LogP contribution in [-0.2, 0) is 9.59 Å². The number of amides is 2. The maximum Gasteiger partial charge on any atom is 0.234 e. The highest BCUT2D eigenvalue weighted by Crippen LogP contribution is 2.30. The van der Waals surface area contributed by atoms with Crippen LogP contribution in [0.5, 0.6) is 0 Å². The molecule has 6 nitrogen and oxygen atoms in total. The molecule has 1 saturated heterocycles. The van der Waals surface area contributed by atoms with Gasteiger partial charge in [-0.1, -0.05) is 25.3 Å². The van der Waals surface area contributed by atoms with Crippen LogP contribution in [0.4, 0.5) is 0 Å². The molecule has 1 saturated carbocycles. The van der Waals surface area contributed by atoms with E-state index in [-0.39, 0.29) is 11.8 Å². The minimum atomic E-state index is -0.440. The molecule has 3 rings (SSSR count). The summed E-state index contributed by atoms with van der Waals surface area (Å²) in [7, 11) is 0. The van der Waals surface area contributed by atoms with E-state index < -0.39 is 5.41 Å². The number of hydrogen-bond donors (Lipinski definition) is 2. The lowest BCUT2D eigenvalue weighted by Crippen LogP contribution is -2.54. The van der Waals surface area contributed by atoms with E-state index in [4.69, 9.17) is 0 Å². The monoisotopic (exact) mass is 362 g/mol. The molecule has 0 bridgehead atoms. The Labute approximate surface area is 157 Å². The quantitative estimate of drug-likeness (QED) is 0.720. The lowest BCUT2D eigenvalue weighted by Gasteiger charge is -2.39. The SMILES string of the molecule is CC(C)(C(=O)N1CCN(CC(=O)NC2CCCCC2)CC1)C1=CCNC1. The minimum absolute atomic E-state index is 0.138. The fourth-order valence-electron chi connectivity index (χ4n) is 4.32. The summed E-state index contributed by atoms with van der Waals surface area (Å²) < 4.78 is 0. The summed E-state index contributed by atoms with van der Waals surface area (Å²) in [5.74, 6) is 0.345. The molecule has 2 fully saturated rings. The number of carbonyl (C=O) groups excluding carboxylic acids is 2. The Balaban J connectivity index is 1.43. The van der Waals surface area contributed by atoms with Crippen LogP contribution in [0.2, 0.25) is 0 Å². The van der Waals surface area contributed by atoms with E-state index in [2.05, 4.69) is 21.6 Å². The summed E-state index contributed by atoms with van der Waals surface area (Å²) in [6.07, 6.45) is 8.14. The molecule has 0 aromatic heterocycles. The first-order valence-corrected chi connectivity index (χ1v) is 10.2. The van der Waals surface area contributed by atoms with Crippen molar-refractivity contribution in [3.63, 3.8) is 0 Å². The summed E-state index contributed by atoms with van der Waals surface area (Å²) in [6.45, 7) is 9.14. The Bertz CT molecular complexity index is 544. The van der Waals surface area contributed by atoms with Gasteiger partial charge in [0.1, 0.15) is 0 Å². The summed E-state index contributed by atoms with van der Waals surface area (Å²) >= 11 is 0. The first-order chi connectivity index (χ1) is 12.5. The van der Waals surface area contributed by atoms with Gasteiger partial charge in [-0.15, -0.1) is 0 Å². The van der Waals surface area contributed by atoms with Gasteiger partial charge in [0, 0.05) is 45.3 Å². The zero-order valence-electron chi connectivity index (χ0n) is 16.4. The maximum atomic E-state index is 13.0. The number of nitrogens with zero attached hydrogens (tertiary/aromatic N) is 2. The third-order valence-corrected chi connectivity index (χ3v) is 6.14. The topological polar surface area (TPSA) is 64.7 Å². The molecule has 2 heterocycles. The zero-order chi connectivity index (χ0) is 18.6. The standard InChI is InChI=1S/C20H34N4O2/c1-20(2,16-8-9-21-14-16)19(26)24-12-10-23(11-13-24)15-18(25)22-17-6-4-3-5-7-17/h8,17,21H,3-7,9-15H2,1-2H3,(H,22,25). The predicted molar refractivity (Wildman–Crippen MR) is 103 cm³/mol. The Hall–Kier alpha value is -1.40. The molecular weight excluding hydrogens is 328 g/mol. The van der Waals surface area contributed by atoms with Crippen molar-refractivity contribution in [3.05, 3.63) is 11.6 Å². The Morgan fingerprint density at radius 3 is 2.46 bits per heavy atom. The van der Waals surface area contributed by atoms with Gasteiger partial charge in [0.2, 0.25) is 11.8 Å². The Morgan fingerprint density at radius 1 is 1.15 bits per heavy atom. The molecule has 2 aliphatic heterocycles. The van der Waals surface area contributed by atoms with Crippen LogP contribution in [-0.4, -0.2) is 73.5 Å². The molecule has 2 amide bonds. The normalized spacial score (nSPS) is 23.0. The number of piperazine rings is 1. The average molecular weight is 363 g/mol. The highest BCUT2D eigenvalue weighted by Gasteiger charge is 2.37. The summed E-state index contributed by atoms with van der Waals surface area (Å²) in [5, 5.41) is 6.47. The smallest absolute Gasteiger partial charge is 0.234 e. The van der Waals surface area contributed by atoms with Crippen molar-refractivity contribution < 1.29 is 9.59 Å². The molecule has 0 unspecified atom stereocenters. The van der Waals surface area contributed by atoms with Crippen LogP contribution in [0.15, 0.2) is 11.6 Å². The molecule has 26 heavy (non-hydrogen) atoms. The highest BCUT2D eigenvalue weighted by molar-refractivity contribution is 5.85. The van der Waals surface area contributed by atoms with E-state index in [0.717, 1.165) is 39.0 Å². The van der Waals surface area contributed by atoms with Crippen molar-refractivity contribution in [3.8, 4) is 0 Å².